The van der Waals surface area contributed by atoms with Crippen molar-refractivity contribution >= 4 is 19.1 Å². The van der Waals surface area contributed by atoms with Gasteiger partial charge >= 0.3 is 0 Å². The van der Waals surface area contributed by atoms with Gasteiger partial charge in [0.15, 0.2) is 0 Å². The van der Waals surface area contributed by atoms with E-state index in [4.69, 9.17) is 0 Å². The summed E-state index contributed by atoms with van der Waals surface area (Å²) in [6.45, 7) is 26.7. The minimum absolute atomic E-state index is 0. The average Bonchev–Trinajstić information content (AvgIpc) is 2.68. The number of aryl methyl sites for hydroxylation is 2. The smallest absolute Gasteiger partial charge is 0.115 e. The SMILES string of the molecule is C=C/C(=C\C(=C)/C(=C\C)C(=C)O)c1cc(C)c(C)cc1CC(C)/C(C)=C/C(C)=C\C.S. The minimum atomic E-state index is 0. The third kappa shape index (κ3) is 7.95. The third-order valence-corrected chi connectivity index (χ3v) is 5.74. The van der Waals surface area contributed by atoms with Crippen molar-refractivity contribution < 1.29 is 5.11 Å². The van der Waals surface area contributed by atoms with Crippen LogP contribution < -0.4 is 0 Å². The van der Waals surface area contributed by atoms with Gasteiger partial charge in [-0.3, -0.25) is 0 Å². The molecule has 0 bridgehead atoms. The molecule has 2 heteroatoms. The van der Waals surface area contributed by atoms with Gasteiger partial charge in [-0.05, 0) is 93.4 Å². The highest BCUT2D eigenvalue weighted by molar-refractivity contribution is 7.59. The molecule has 0 aromatic heterocycles. The maximum atomic E-state index is 9.86. The van der Waals surface area contributed by atoms with Crippen LogP contribution in [-0.4, -0.2) is 5.11 Å². The summed E-state index contributed by atoms with van der Waals surface area (Å²) in [6.07, 6.45) is 11.0. The van der Waals surface area contributed by atoms with Crippen molar-refractivity contribution in [1.82, 2.24) is 0 Å². The lowest BCUT2D eigenvalue weighted by Gasteiger charge is -2.19. The van der Waals surface area contributed by atoms with Crippen molar-refractivity contribution in [2.45, 2.75) is 54.9 Å². The van der Waals surface area contributed by atoms with Crippen LogP contribution >= 0.6 is 13.5 Å². The van der Waals surface area contributed by atoms with Gasteiger partial charge < -0.3 is 5.11 Å². The molecule has 1 aromatic rings. The molecule has 1 unspecified atom stereocenters. The number of hydrogen-bond acceptors (Lipinski definition) is 1. The van der Waals surface area contributed by atoms with Crippen LogP contribution in [0.5, 0.6) is 0 Å². The summed E-state index contributed by atoms with van der Waals surface area (Å²) < 4.78 is 0. The number of benzene rings is 1. The molecule has 0 aliphatic rings. The second kappa shape index (κ2) is 13.1. The molecular formula is C29H40OS. The maximum absolute atomic E-state index is 9.86. The van der Waals surface area contributed by atoms with Crippen LogP contribution in [0.3, 0.4) is 0 Å². The van der Waals surface area contributed by atoms with Gasteiger partial charge in [0, 0.05) is 5.57 Å². The Morgan fingerprint density at radius 2 is 1.61 bits per heavy atom. The third-order valence-electron chi connectivity index (χ3n) is 5.74. The van der Waals surface area contributed by atoms with E-state index in [1.807, 2.05) is 25.2 Å². The van der Waals surface area contributed by atoms with E-state index in [1.54, 1.807) is 0 Å². The molecule has 0 fully saturated rings. The molecule has 0 amide bonds. The van der Waals surface area contributed by atoms with E-state index in [0.29, 0.717) is 11.5 Å². The molecule has 0 saturated carbocycles. The Labute approximate surface area is 197 Å². The molecule has 168 valence electrons. The molecule has 1 N–H and O–H groups in total. The van der Waals surface area contributed by atoms with E-state index >= 15 is 0 Å². The second-order valence-corrected chi connectivity index (χ2v) is 8.10. The average molecular weight is 437 g/mol. The van der Waals surface area contributed by atoms with Gasteiger partial charge in [0.1, 0.15) is 5.76 Å². The van der Waals surface area contributed by atoms with Gasteiger partial charge in [-0.1, -0.05) is 74.2 Å². The molecule has 0 radical (unpaired) electrons. The molecule has 0 spiro atoms. The molecule has 1 aromatic carbocycles. The van der Waals surface area contributed by atoms with E-state index < -0.39 is 0 Å². The first-order chi connectivity index (χ1) is 14.0. The van der Waals surface area contributed by atoms with Crippen molar-refractivity contribution in [3.8, 4) is 0 Å². The lowest BCUT2D eigenvalue weighted by atomic mass is 9.86. The highest BCUT2D eigenvalue weighted by Gasteiger charge is 2.14. The second-order valence-electron chi connectivity index (χ2n) is 8.10. The van der Waals surface area contributed by atoms with Crippen molar-refractivity contribution in [1.29, 1.82) is 0 Å². The molecule has 0 aliphatic carbocycles. The zero-order chi connectivity index (χ0) is 23.0. The Balaban J connectivity index is 0.00000900. The van der Waals surface area contributed by atoms with Crippen molar-refractivity contribution in [2.75, 3.05) is 0 Å². The van der Waals surface area contributed by atoms with Crippen LogP contribution in [0.1, 0.15) is 56.9 Å². The number of hydrogen-bond donors (Lipinski definition) is 1. The lowest BCUT2D eigenvalue weighted by Crippen LogP contribution is -2.06. The molecular weight excluding hydrogens is 396 g/mol. The first kappa shape index (κ1) is 28.5. The van der Waals surface area contributed by atoms with Gasteiger partial charge in [-0.2, -0.15) is 13.5 Å². The van der Waals surface area contributed by atoms with Crippen LogP contribution in [0.25, 0.3) is 5.57 Å². The predicted molar refractivity (Wildman–Crippen MR) is 145 cm³/mol. The number of allylic oxidation sites excluding steroid dienone is 9. The van der Waals surface area contributed by atoms with Gasteiger partial charge in [0.25, 0.3) is 0 Å². The Bertz CT molecular complexity index is 951. The molecule has 1 atom stereocenters. The fourth-order valence-corrected chi connectivity index (χ4v) is 3.44. The first-order valence-electron chi connectivity index (χ1n) is 10.5. The first-order valence-corrected chi connectivity index (χ1v) is 10.5. The summed E-state index contributed by atoms with van der Waals surface area (Å²) in [5.41, 5.74) is 10.0. The summed E-state index contributed by atoms with van der Waals surface area (Å²) in [7, 11) is 0. The molecule has 0 heterocycles. The molecule has 1 rings (SSSR count). The normalized spacial score (nSPS) is 14.0. The molecule has 31 heavy (non-hydrogen) atoms. The van der Waals surface area contributed by atoms with Gasteiger partial charge in [0.2, 0.25) is 0 Å². The number of aliphatic hydroxyl groups excluding tert-OH is 1. The fourth-order valence-electron chi connectivity index (χ4n) is 3.44. The topological polar surface area (TPSA) is 20.2 Å². The standard InChI is InChI=1S/C29H38O.H2S/c1-11-19(4)14-20(5)21(6)15-27-16-22(7)23(8)18-29(27)26(12-2)17-24(9)28(13-3)25(10)30;/h11-14,16-18,21,30H,2,9-10,15H2,1,3-8H3;1H2/b19-11-,20-14+,26-17+,28-13+;. The minimum Gasteiger partial charge on any atom is -0.508 e. The predicted octanol–water partition coefficient (Wildman–Crippen LogP) is 8.65. The zero-order valence-electron chi connectivity index (χ0n) is 20.4. The molecule has 0 saturated heterocycles. The van der Waals surface area contributed by atoms with Crippen LogP contribution in [0.2, 0.25) is 0 Å². The van der Waals surface area contributed by atoms with Crippen LogP contribution in [-0.2, 0) is 6.42 Å². The van der Waals surface area contributed by atoms with E-state index in [0.717, 1.165) is 23.1 Å². The van der Waals surface area contributed by atoms with Crippen molar-refractivity contribution in [3.05, 3.63) is 113 Å². The fraction of sp³-hybridized carbons (Fsp3) is 0.310. The van der Waals surface area contributed by atoms with Crippen molar-refractivity contribution in [3.63, 3.8) is 0 Å². The molecule has 1 nitrogen and oxygen atoms in total. The van der Waals surface area contributed by atoms with Crippen LogP contribution in [0.4, 0.5) is 0 Å². The van der Waals surface area contributed by atoms with Gasteiger partial charge in [-0.15, -0.1) is 0 Å². The number of rotatable bonds is 9. The Kier molecular flexibility index (Phi) is 12.0. The van der Waals surface area contributed by atoms with E-state index in [-0.39, 0.29) is 19.3 Å². The van der Waals surface area contributed by atoms with Gasteiger partial charge in [0.05, 0.1) is 0 Å². The quantitative estimate of drug-likeness (QED) is 0.303. The highest BCUT2D eigenvalue weighted by Crippen LogP contribution is 2.30. The van der Waals surface area contributed by atoms with E-state index in [2.05, 4.69) is 85.6 Å². The summed E-state index contributed by atoms with van der Waals surface area (Å²) in [5, 5.41) is 9.86. The summed E-state index contributed by atoms with van der Waals surface area (Å²) in [4.78, 5) is 0. The summed E-state index contributed by atoms with van der Waals surface area (Å²) in [6, 6.07) is 4.52. The number of aliphatic hydroxyl groups is 1. The Morgan fingerprint density at radius 3 is 2.10 bits per heavy atom. The monoisotopic (exact) mass is 436 g/mol. The van der Waals surface area contributed by atoms with E-state index in [9.17, 15) is 5.11 Å². The zero-order valence-corrected chi connectivity index (χ0v) is 21.4. The molecule has 0 aliphatic heterocycles. The Morgan fingerprint density at radius 1 is 1.03 bits per heavy atom. The van der Waals surface area contributed by atoms with Crippen LogP contribution in [0, 0.1) is 19.8 Å². The van der Waals surface area contributed by atoms with Crippen molar-refractivity contribution in [2.24, 2.45) is 5.92 Å². The summed E-state index contributed by atoms with van der Waals surface area (Å²) in [5.74, 6) is 0.439. The summed E-state index contributed by atoms with van der Waals surface area (Å²) >= 11 is 0. The van der Waals surface area contributed by atoms with Gasteiger partial charge in [-0.25, -0.2) is 0 Å². The van der Waals surface area contributed by atoms with Crippen LogP contribution in [0.15, 0.2) is 90.3 Å². The lowest BCUT2D eigenvalue weighted by molar-refractivity contribution is 0.428. The highest BCUT2D eigenvalue weighted by atomic mass is 32.1. The largest absolute Gasteiger partial charge is 0.508 e. The van der Waals surface area contributed by atoms with E-state index in [1.165, 1.54) is 27.8 Å². The Hall–Kier alpha value is -2.45. The maximum Gasteiger partial charge on any atom is 0.115 e.